The van der Waals surface area contributed by atoms with E-state index in [4.69, 9.17) is 4.74 Å². The van der Waals surface area contributed by atoms with Crippen molar-refractivity contribution < 1.29 is 14.3 Å². The highest BCUT2D eigenvalue weighted by Gasteiger charge is 2.17. The van der Waals surface area contributed by atoms with E-state index in [1.807, 2.05) is 0 Å². The van der Waals surface area contributed by atoms with Crippen LogP contribution in [0.15, 0.2) is 24.3 Å². The number of hydrogen-bond acceptors (Lipinski definition) is 3. The molecule has 4 heteroatoms. The van der Waals surface area contributed by atoms with Gasteiger partial charge in [0.15, 0.2) is 0 Å². The molecule has 0 aromatic heterocycles. The zero-order valence-electron chi connectivity index (χ0n) is 9.61. The predicted molar refractivity (Wildman–Crippen MR) is 61.5 cm³/mol. The summed E-state index contributed by atoms with van der Waals surface area (Å²) in [5.41, 5.74) is 0.652. The molecule has 0 saturated heterocycles. The highest BCUT2D eigenvalue weighted by atomic mass is 16.5. The first-order valence-electron chi connectivity index (χ1n) is 5.00. The number of methoxy groups -OCH3 is 1. The summed E-state index contributed by atoms with van der Waals surface area (Å²) in [6.07, 6.45) is 0. The minimum absolute atomic E-state index is 0.147. The van der Waals surface area contributed by atoms with Crippen molar-refractivity contribution >= 4 is 17.4 Å². The maximum atomic E-state index is 11.5. The topological polar surface area (TPSA) is 55.4 Å². The van der Waals surface area contributed by atoms with Crippen LogP contribution >= 0.6 is 0 Å². The van der Waals surface area contributed by atoms with Gasteiger partial charge >= 0.3 is 0 Å². The Balaban J connectivity index is 2.66. The van der Waals surface area contributed by atoms with Crippen molar-refractivity contribution in [1.29, 1.82) is 0 Å². The van der Waals surface area contributed by atoms with Crippen LogP contribution in [0.2, 0.25) is 0 Å². The van der Waals surface area contributed by atoms with Gasteiger partial charge in [0, 0.05) is 5.69 Å². The third-order valence-corrected chi connectivity index (χ3v) is 2.36. The number of carbonyl (C=O) groups excluding carboxylic acids is 2. The first kappa shape index (κ1) is 12.2. The fourth-order valence-corrected chi connectivity index (χ4v) is 1.11. The van der Waals surface area contributed by atoms with Crippen molar-refractivity contribution in [2.24, 2.45) is 5.92 Å². The number of carbonyl (C=O) groups is 2. The summed E-state index contributed by atoms with van der Waals surface area (Å²) in [5.74, 6) is -0.344. The van der Waals surface area contributed by atoms with E-state index < -0.39 is 5.92 Å². The average molecular weight is 221 g/mol. The lowest BCUT2D eigenvalue weighted by atomic mass is 10.1. The summed E-state index contributed by atoms with van der Waals surface area (Å²) in [5, 5.41) is 2.66. The van der Waals surface area contributed by atoms with Crippen LogP contribution in [-0.4, -0.2) is 18.8 Å². The van der Waals surface area contributed by atoms with Crippen LogP contribution in [0.4, 0.5) is 5.69 Å². The normalized spacial score (nSPS) is 11.7. The van der Waals surface area contributed by atoms with E-state index in [-0.39, 0.29) is 11.7 Å². The number of benzene rings is 1. The van der Waals surface area contributed by atoms with Gasteiger partial charge in [-0.25, -0.2) is 0 Å². The summed E-state index contributed by atoms with van der Waals surface area (Å²) in [6.45, 7) is 2.99. The molecule has 0 bridgehead atoms. The fourth-order valence-electron chi connectivity index (χ4n) is 1.11. The van der Waals surface area contributed by atoms with E-state index in [1.165, 1.54) is 6.92 Å². The highest BCUT2D eigenvalue weighted by molar-refractivity contribution is 6.06. The summed E-state index contributed by atoms with van der Waals surface area (Å²) in [6, 6.07) is 6.94. The Morgan fingerprint density at radius 3 is 2.25 bits per heavy atom. The van der Waals surface area contributed by atoms with Crippen molar-refractivity contribution in [1.82, 2.24) is 0 Å². The van der Waals surface area contributed by atoms with E-state index in [0.29, 0.717) is 5.69 Å². The Morgan fingerprint density at radius 2 is 1.81 bits per heavy atom. The molecule has 0 heterocycles. The SMILES string of the molecule is COc1ccc(NC(=O)C(C)C(C)=O)cc1. The van der Waals surface area contributed by atoms with Gasteiger partial charge in [-0.3, -0.25) is 9.59 Å². The second-order valence-corrected chi connectivity index (χ2v) is 3.55. The number of rotatable bonds is 4. The van der Waals surface area contributed by atoms with Crippen LogP contribution in [0, 0.1) is 5.92 Å². The van der Waals surface area contributed by atoms with Crippen LogP contribution < -0.4 is 10.1 Å². The largest absolute Gasteiger partial charge is 0.497 e. The van der Waals surface area contributed by atoms with Crippen molar-refractivity contribution in [2.45, 2.75) is 13.8 Å². The summed E-state index contributed by atoms with van der Waals surface area (Å²) in [4.78, 5) is 22.5. The molecule has 0 spiro atoms. The zero-order valence-corrected chi connectivity index (χ0v) is 9.61. The van der Waals surface area contributed by atoms with Crippen LogP contribution in [0.5, 0.6) is 5.75 Å². The molecule has 16 heavy (non-hydrogen) atoms. The number of nitrogens with one attached hydrogen (secondary N) is 1. The smallest absolute Gasteiger partial charge is 0.234 e. The van der Waals surface area contributed by atoms with Gasteiger partial charge in [0.2, 0.25) is 5.91 Å². The van der Waals surface area contributed by atoms with Gasteiger partial charge in [-0.05, 0) is 38.1 Å². The van der Waals surface area contributed by atoms with Crippen LogP contribution in [0.25, 0.3) is 0 Å². The highest BCUT2D eigenvalue weighted by Crippen LogP contribution is 2.15. The number of ketones is 1. The van der Waals surface area contributed by atoms with Crippen molar-refractivity contribution in [3.63, 3.8) is 0 Å². The molecular formula is C12H15NO3. The van der Waals surface area contributed by atoms with E-state index in [2.05, 4.69) is 5.32 Å². The standard InChI is InChI=1S/C12H15NO3/c1-8(9(2)14)12(15)13-10-4-6-11(16-3)7-5-10/h4-8H,1-3H3,(H,13,15). The van der Waals surface area contributed by atoms with Crippen LogP contribution in [0.1, 0.15) is 13.8 Å². The van der Waals surface area contributed by atoms with Gasteiger partial charge in [-0.1, -0.05) is 0 Å². The Kier molecular flexibility index (Phi) is 4.05. The summed E-state index contributed by atoms with van der Waals surface area (Å²) >= 11 is 0. The van der Waals surface area contributed by atoms with Crippen molar-refractivity contribution in [2.75, 3.05) is 12.4 Å². The second-order valence-electron chi connectivity index (χ2n) is 3.55. The Bertz CT molecular complexity index is 384. The lowest BCUT2D eigenvalue weighted by Gasteiger charge is -2.09. The lowest BCUT2D eigenvalue weighted by molar-refractivity contribution is -0.129. The number of amides is 1. The van der Waals surface area contributed by atoms with Gasteiger partial charge in [-0.2, -0.15) is 0 Å². The van der Waals surface area contributed by atoms with E-state index in [0.717, 1.165) is 5.75 Å². The maximum absolute atomic E-state index is 11.5. The average Bonchev–Trinajstić information content (AvgIpc) is 2.28. The first-order valence-corrected chi connectivity index (χ1v) is 5.00. The summed E-state index contributed by atoms with van der Waals surface area (Å²) in [7, 11) is 1.57. The van der Waals surface area contributed by atoms with Crippen LogP contribution in [0.3, 0.4) is 0 Å². The number of Topliss-reactive ketones (excluding diaryl/α,β-unsaturated/α-hetero) is 1. The molecule has 1 amide bonds. The minimum atomic E-state index is -0.623. The maximum Gasteiger partial charge on any atom is 0.234 e. The molecule has 4 nitrogen and oxygen atoms in total. The van der Waals surface area contributed by atoms with Crippen molar-refractivity contribution in [3.05, 3.63) is 24.3 Å². The van der Waals surface area contributed by atoms with E-state index in [1.54, 1.807) is 38.3 Å². The predicted octanol–water partition coefficient (Wildman–Crippen LogP) is 1.86. The van der Waals surface area contributed by atoms with E-state index in [9.17, 15) is 9.59 Å². The Morgan fingerprint density at radius 1 is 1.25 bits per heavy atom. The summed E-state index contributed by atoms with van der Waals surface area (Å²) < 4.78 is 4.99. The minimum Gasteiger partial charge on any atom is -0.497 e. The van der Waals surface area contributed by atoms with Gasteiger partial charge in [0.05, 0.1) is 13.0 Å². The first-order chi connectivity index (χ1) is 7.54. The molecule has 0 saturated carbocycles. The van der Waals surface area contributed by atoms with Crippen LogP contribution in [-0.2, 0) is 9.59 Å². The molecule has 1 rings (SSSR count). The van der Waals surface area contributed by atoms with E-state index >= 15 is 0 Å². The molecule has 1 atom stereocenters. The Labute approximate surface area is 94.6 Å². The fraction of sp³-hybridized carbons (Fsp3) is 0.333. The molecule has 0 fully saturated rings. The molecule has 0 aliphatic rings. The molecular weight excluding hydrogens is 206 g/mol. The monoisotopic (exact) mass is 221 g/mol. The third kappa shape index (κ3) is 3.08. The number of ether oxygens (including phenoxy) is 1. The number of anilines is 1. The molecule has 1 unspecified atom stereocenters. The molecule has 0 aliphatic heterocycles. The molecule has 1 N–H and O–H groups in total. The molecule has 0 radical (unpaired) electrons. The lowest BCUT2D eigenvalue weighted by Crippen LogP contribution is -2.25. The Hall–Kier alpha value is -1.84. The zero-order chi connectivity index (χ0) is 12.1. The number of hydrogen-bond donors (Lipinski definition) is 1. The van der Waals surface area contributed by atoms with Gasteiger partial charge < -0.3 is 10.1 Å². The van der Waals surface area contributed by atoms with Gasteiger partial charge in [0.1, 0.15) is 11.5 Å². The third-order valence-electron chi connectivity index (χ3n) is 2.36. The molecule has 1 aromatic rings. The van der Waals surface area contributed by atoms with Gasteiger partial charge in [-0.15, -0.1) is 0 Å². The van der Waals surface area contributed by atoms with Gasteiger partial charge in [0.25, 0.3) is 0 Å². The molecule has 1 aromatic carbocycles. The second kappa shape index (κ2) is 5.30. The molecule has 86 valence electrons. The van der Waals surface area contributed by atoms with Crippen molar-refractivity contribution in [3.8, 4) is 5.75 Å². The quantitative estimate of drug-likeness (QED) is 0.789. The molecule has 0 aliphatic carbocycles.